The topological polar surface area (TPSA) is 49.4 Å². The molecule has 0 aromatic carbocycles. The maximum absolute atomic E-state index is 12.8. The Morgan fingerprint density at radius 1 is 1.45 bits per heavy atom. The summed E-state index contributed by atoms with van der Waals surface area (Å²) >= 11 is 5.12. The van der Waals surface area contributed by atoms with Crippen molar-refractivity contribution in [2.24, 2.45) is 11.3 Å². The highest BCUT2D eigenvalue weighted by Gasteiger charge is 2.51. The van der Waals surface area contributed by atoms with Crippen LogP contribution in [0.1, 0.15) is 46.5 Å². The van der Waals surface area contributed by atoms with Gasteiger partial charge in [-0.1, -0.05) is 33.3 Å². The average molecular weight is 296 g/mol. The fourth-order valence-electron chi connectivity index (χ4n) is 2.59. The average Bonchev–Trinajstić information content (AvgIpc) is 2.41. The van der Waals surface area contributed by atoms with Crippen molar-refractivity contribution in [3.63, 3.8) is 0 Å². The molecule has 1 N–H and O–H groups in total. The van der Waals surface area contributed by atoms with Gasteiger partial charge in [0.05, 0.1) is 0 Å². The lowest BCUT2D eigenvalue weighted by Crippen LogP contribution is -2.64. The Bertz CT molecular complexity index is 422. The van der Waals surface area contributed by atoms with Crippen LogP contribution in [0.15, 0.2) is 12.7 Å². The summed E-state index contributed by atoms with van der Waals surface area (Å²) in [7, 11) is 0. The van der Waals surface area contributed by atoms with Crippen LogP contribution >= 0.6 is 12.2 Å². The van der Waals surface area contributed by atoms with Gasteiger partial charge in [-0.05, 0) is 37.4 Å². The van der Waals surface area contributed by atoms with Crippen molar-refractivity contribution < 1.29 is 9.59 Å². The van der Waals surface area contributed by atoms with Crippen molar-refractivity contribution in [3.05, 3.63) is 12.7 Å². The number of thiocarbonyl (C=S) groups is 1. The Labute approximate surface area is 126 Å². The molecule has 4 nitrogen and oxygen atoms in total. The Morgan fingerprint density at radius 3 is 2.60 bits per heavy atom. The van der Waals surface area contributed by atoms with E-state index < -0.39 is 5.41 Å². The first-order valence-electron chi connectivity index (χ1n) is 7.21. The number of carbonyl (C=O) groups excluding carboxylic acids is 2. The number of allylic oxidation sites excluding steroid dienone is 1. The Kier molecular flexibility index (Phi) is 5.87. The summed E-state index contributed by atoms with van der Waals surface area (Å²) in [5.41, 5.74) is -1.05. The standard InChI is InChI=1S/C15H24N2O2S/c1-5-8-15(10-11(4)7-3)12(18)16-14(20)17(9-6-2)13(15)19/h5,11H,1,6-10H2,2-4H3,(H,16,18,20). The first kappa shape index (κ1) is 16.8. The van der Waals surface area contributed by atoms with Gasteiger partial charge in [-0.2, -0.15) is 0 Å². The summed E-state index contributed by atoms with van der Waals surface area (Å²) in [5, 5.41) is 2.93. The molecule has 2 atom stereocenters. The zero-order chi connectivity index (χ0) is 15.3. The first-order chi connectivity index (χ1) is 9.42. The van der Waals surface area contributed by atoms with E-state index >= 15 is 0 Å². The molecule has 1 aliphatic rings. The van der Waals surface area contributed by atoms with E-state index in [9.17, 15) is 9.59 Å². The highest BCUT2D eigenvalue weighted by atomic mass is 32.1. The molecule has 112 valence electrons. The number of rotatable bonds is 7. The lowest BCUT2D eigenvalue weighted by atomic mass is 9.73. The fraction of sp³-hybridized carbons (Fsp3) is 0.667. The van der Waals surface area contributed by atoms with E-state index in [1.165, 1.54) is 4.90 Å². The summed E-state index contributed by atoms with van der Waals surface area (Å²) in [6.45, 7) is 10.3. The molecular weight excluding hydrogens is 272 g/mol. The predicted molar refractivity (Wildman–Crippen MR) is 84.1 cm³/mol. The van der Waals surface area contributed by atoms with E-state index in [0.717, 1.165) is 12.8 Å². The Balaban J connectivity index is 3.16. The molecule has 1 heterocycles. The quantitative estimate of drug-likeness (QED) is 0.446. The summed E-state index contributed by atoms with van der Waals surface area (Å²) < 4.78 is 0. The van der Waals surface area contributed by atoms with Gasteiger partial charge in [-0.25, -0.2) is 0 Å². The molecule has 0 bridgehead atoms. The molecule has 0 aromatic heterocycles. The van der Waals surface area contributed by atoms with Crippen molar-refractivity contribution in [3.8, 4) is 0 Å². The van der Waals surface area contributed by atoms with Crippen LogP contribution in [0.5, 0.6) is 0 Å². The highest BCUT2D eigenvalue weighted by Crippen LogP contribution is 2.37. The largest absolute Gasteiger partial charge is 0.302 e. The van der Waals surface area contributed by atoms with Crippen LogP contribution in [-0.2, 0) is 9.59 Å². The second-order valence-corrected chi connectivity index (χ2v) is 5.90. The minimum atomic E-state index is -1.05. The van der Waals surface area contributed by atoms with Gasteiger partial charge < -0.3 is 5.32 Å². The molecule has 0 aromatic rings. The highest BCUT2D eigenvalue weighted by molar-refractivity contribution is 7.80. The summed E-state index contributed by atoms with van der Waals surface area (Å²) in [6.07, 6.45) is 4.26. The summed E-state index contributed by atoms with van der Waals surface area (Å²) in [4.78, 5) is 26.8. The van der Waals surface area contributed by atoms with Crippen LogP contribution in [0, 0.1) is 11.3 Å². The van der Waals surface area contributed by atoms with Gasteiger partial charge in [0.15, 0.2) is 5.11 Å². The maximum Gasteiger partial charge on any atom is 0.244 e. The van der Waals surface area contributed by atoms with E-state index in [2.05, 4.69) is 25.7 Å². The van der Waals surface area contributed by atoms with E-state index in [-0.39, 0.29) is 16.9 Å². The normalized spacial score (nSPS) is 24.6. The minimum absolute atomic E-state index is 0.173. The van der Waals surface area contributed by atoms with Gasteiger partial charge >= 0.3 is 0 Å². The number of hydrogen-bond acceptors (Lipinski definition) is 3. The number of amides is 2. The fourth-order valence-corrected chi connectivity index (χ4v) is 2.85. The molecule has 0 radical (unpaired) electrons. The third-order valence-electron chi connectivity index (χ3n) is 3.89. The molecule has 5 heteroatoms. The lowest BCUT2D eigenvalue weighted by Gasteiger charge is -2.41. The van der Waals surface area contributed by atoms with Crippen LogP contribution in [0.25, 0.3) is 0 Å². The molecule has 2 amide bonds. The first-order valence-corrected chi connectivity index (χ1v) is 7.62. The van der Waals surface area contributed by atoms with Gasteiger partial charge in [0.25, 0.3) is 0 Å². The van der Waals surface area contributed by atoms with Crippen molar-refractivity contribution in [1.29, 1.82) is 0 Å². The Morgan fingerprint density at radius 2 is 2.10 bits per heavy atom. The molecule has 1 aliphatic heterocycles. The zero-order valence-electron chi connectivity index (χ0n) is 12.6. The number of carbonyl (C=O) groups is 2. The van der Waals surface area contributed by atoms with Gasteiger partial charge in [-0.15, -0.1) is 6.58 Å². The second kappa shape index (κ2) is 6.97. The van der Waals surface area contributed by atoms with Crippen LogP contribution in [0.3, 0.4) is 0 Å². The number of nitrogens with zero attached hydrogens (tertiary/aromatic N) is 1. The van der Waals surface area contributed by atoms with Crippen LogP contribution in [0.4, 0.5) is 0 Å². The van der Waals surface area contributed by atoms with Gasteiger partial charge in [0, 0.05) is 6.54 Å². The van der Waals surface area contributed by atoms with Crippen molar-refractivity contribution in [2.45, 2.75) is 46.5 Å². The van der Waals surface area contributed by atoms with Crippen molar-refractivity contribution in [2.75, 3.05) is 6.54 Å². The van der Waals surface area contributed by atoms with E-state index in [4.69, 9.17) is 12.2 Å². The smallest absolute Gasteiger partial charge is 0.244 e. The van der Waals surface area contributed by atoms with Gasteiger partial charge in [0.1, 0.15) is 5.41 Å². The number of hydrogen-bond donors (Lipinski definition) is 1. The molecule has 20 heavy (non-hydrogen) atoms. The monoisotopic (exact) mass is 296 g/mol. The van der Waals surface area contributed by atoms with E-state index in [1.54, 1.807) is 6.08 Å². The molecular formula is C15H24N2O2S. The van der Waals surface area contributed by atoms with E-state index in [1.807, 2.05) is 6.92 Å². The third kappa shape index (κ3) is 3.08. The Hall–Kier alpha value is -1.23. The zero-order valence-corrected chi connectivity index (χ0v) is 13.4. The van der Waals surface area contributed by atoms with Crippen LogP contribution < -0.4 is 5.32 Å². The molecule has 0 spiro atoms. The maximum atomic E-state index is 12.8. The minimum Gasteiger partial charge on any atom is -0.302 e. The third-order valence-corrected chi connectivity index (χ3v) is 4.21. The van der Waals surface area contributed by atoms with Gasteiger partial charge in [-0.3, -0.25) is 14.5 Å². The lowest BCUT2D eigenvalue weighted by molar-refractivity contribution is -0.151. The predicted octanol–water partition coefficient (Wildman–Crippen LogP) is 2.64. The summed E-state index contributed by atoms with van der Waals surface area (Å²) in [6, 6.07) is 0. The van der Waals surface area contributed by atoms with Crippen molar-refractivity contribution >= 4 is 29.1 Å². The molecule has 2 unspecified atom stereocenters. The molecule has 0 aliphatic carbocycles. The summed E-state index contributed by atoms with van der Waals surface area (Å²) in [5.74, 6) is -0.159. The molecule has 1 rings (SSSR count). The van der Waals surface area contributed by atoms with E-state index in [0.29, 0.717) is 25.3 Å². The SMILES string of the molecule is C=CCC1(CC(C)CC)C(=O)NC(=S)N(CCC)C1=O. The molecule has 1 fully saturated rings. The van der Waals surface area contributed by atoms with Crippen LogP contribution in [0.2, 0.25) is 0 Å². The molecule has 1 saturated heterocycles. The van der Waals surface area contributed by atoms with Crippen molar-refractivity contribution in [1.82, 2.24) is 10.2 Å². The second-order valence-electron chi connectivity index (χ2n) is 5.51. The molecule has 0 saturated carbocycles. The van der Waals surface area contributed by atoms with Crippen LogP contribution in [-0.4, -0.2) is 28.4 Å². The number of nitrogens with one attached hydrogen (secondary N) is 1. The van der Waals surface area contributed by atoms with Gasteiger partial charge in [0.2, 0.25) is 11.8 Å².